The topological polar surface area (TPSA) is 200 Å². The average Bonchev–Trinajstić information content (AvgIpc) is 2.65. The number of nitro groups is 1. The molecule has 6 N–H and O–H groups in total. The predicted molar refractivity (Wildman–Crippen MR) is 107 cm³/mol. The third kappa shape index (κ3) is 9.02. The fourth-order valence-corrected chi connectivity index (χ4v) is 3.30. The van der Waals surface area contributed by atoms with Crippen LogP contribution in [0.1, 0.15) is 18.6 Å². The summed E-state index contributed by atoms with van der Waals surface area (Å²) in [5.74, 6) is -1.07. The van der Waals surface area contributed by atoms with Gasteiger partial charge in [0.05, 0.1) is 55.7 Å². The fourth-order valence-electron chi connectivity index (χ4n) is 2.66. The molecule has 0 aromatic heterocycles. The zero-order valence-electron chi connectivity index (χ0n) is 17.6. The van der Waals surface area contributed by atoms with Crippen molar-refractivity contribution in [1.29, 1.82) is 0 Å². The van der Waals surface area contributed by atoms with E-state index in [1.54, 1.807) is 0 Å². The molecule has 0 fully saturated rings. The van der Waals surface area contributed by atoms with Gasteiger partial charge in [-0.25, -0.2) is 8.42 Å². The molecular weight excluding hydrogens is 436 g/mol. The van der Waals surface area contributed by atoms with Crippen LogP contribution >= 0.6 is 0 Å². The van der Waals surface area contributed by atoms with Crippen molar-refractivity contribution in [2.75, 3.05) is 46.2 Å². The Morgan fingerprint density at radius 3 is 2.52 bits per heavy atom. The summed E-state index contributed by atoms with van der Waals surface area (Å²) in [5.41, 5.74) is 3.20. The Morgan fingerprint density at radius 1 is 1.35 bits per heavy atom. The third-order valence-corrected chi connectivity index (χ3v) is 5.18. The number of ether oxygens (including phenoxy) is 2. The van der Waals surface area contributed by atoms with Crippen molar-refractivity contribution in [3.05, 3.63) is 27.8 Å². The van der Waals surface area contributed by atoms with Gasteiger partial charge in [-0.2, -0.15) is 0 Å². The van der Waals surface area contributed by atoms with E-state index in [9.17, 15) is 33.0 Å². The van der Waals surface area contributed by atoms with Crippen LogP contribution in [0.3, 0.4) is 0 Å². The second kappa shape index (κ2) is 11.8. The van der Waals surface area contributed by atoms with Gasteiger partial charge in [0.1, 0.15) is 23.3 Å². The second-order valence-corrected chi connectivity index (χ2v) is 8.46. The first kappa shape index (κ1) is 26.5. The number of carbonyl (C=O) groups excluding carboxylic acids is 1. The number of amides is 1. The van der Waals surface area contributed by atoms with E-state index in [4.69, 9.17) is 9.47 Å². The van der Waals surface area contributed by atoms with Crippen LogP contribution in [0.4, 0.5) is 5.69 Å². The monoisotopic (exact) mass is 465 g/mol. The Morgan fingerprint density at radius 2 is 2.00 bits per heavy atom. The van der Waals surface area contributed by atoms with Crippen molar-refractivity contribution in [2.24, 2.45) is 0 Å². The molecule has 0 heterocycles. The molecule has 0 saturated carbocycles. The standard InChI is InChI=1S/C17H28N4O9S/c1-11(22)12-8-15(29-3)16(9-14(12)21(24)25)30-7-6-20(2)5-4-19-17(23)13(18)10-31(26,27)28/h8-9,11,13,22H,4-7,10,18H2,1-3H3,(H,19,23)(H,26,27,28)/p+1. The molecule has 1 aromatic carbocycles. The van der Waals surface area contributed by atoms with Gasteiger partial charge in [0.2, 0.25) is 0 Å². The van der Waals surface area contributed by atoms with Crippen LogP contribution in [0.2, 0.25) is 0 Å². The number of aliphatic hydroxyl groups is 1. The summed E-state index contributed by atoms with van der Waals surface area (Å²) in [5, 5.41) is 23.5. The first-order valence-electron chi connectivity index (χ1n) is 9.38. The van der Waals surface area contributed by atoms with Crippen LogP contribution in [0, 0.1) is 10.1 Å². The molecule has 0 radical (unpaired) electrons. The zero-order chi connectivity index (χ0) is 23.8. The summed E-state index contributed by atoms with van der Waals surface area (Å²) in [4.78, 5) is 23.3. The molecule has 1 aromatic rings. The molecule has 1 rings (SSSR count). The highest BCUT2D eigenvalue weighted by molar-refractivity contribution is 7.85. The number of hydrogen-bond acceptors (Lipinski definition) is 9. The second-order valence-electron chi connectivity index (χ2n) is 7.01. The van der Waals surface area contributed by atoms with Crippen LogP contribution in [-0.4, -0.2) is 81.1 Å². The van der Waals surface area contributed by atoms with Gasteiger partial charge in [-0.3, -0.25) is 14.9 Å². The molecule has 1 amide bonds. The van der Waals surface area contributed by atoms with Crippen molar-refractivity contribution in [2.45, 2.75) is 19.1 Å². The molecule has 0 aliphatic heterocycles. The lowest BCUT2D eigenvalue weighted by Gasteiger charge is -2.17. The Labute approximate surface area is 180 Å². The third-order valence-electron chi connectivity index (χ3n) is 4.37. The van der Waals surface area contributed by atoms with Crippen molar-refractivity contribution in [1.82, 2.24) is 5.32 Å². The summed E-state index contributed by atoms with van der Waals surface area (Å²) in [7, 11) is -1.32. The van der Waals surface area contributed by atoms with Crippen LogP contribution in [-0.2, 0) is 14.9 Å². The normalized spacial score (nSPS) is 14.4. The Bertz CT molecular complexity index is 877. The summed E-state index contributed by atoms with van der Waals surface area (Å²) in [6.07, 6.45) is -1.05. The molecule has 3 unspecified atom stereocenters. The number of carbonyl (C=O) groups is 1. The van der Waals surface area contributed by atoms with Gasteiger partial charge in [0.15, 0.2) is 17.5 Å². The summed E-state index contributed by atoms with van der Waals surface area (Å²) in [6.45, 7) is 2.79. The van der Waals surface area contributed by atoms with Gasteiger partial charge in [-0.05, 0) is 13.0 Å². The van der Waals surface area contributed by atoms with Crippen LogP contribution < -0.4 is 25.4 Å². The highest BCUT2D eigenvalue weighted by atomic mass is 32.2. The Balaban J connectivity index is 2.57. The lowest BCUT2D eigenvalue weighted by Crippen LogP contribution is -3.10. The number of hydrogen-bond donors (Lipinski definition) is 4. The molecule has 3 atom stereocenters. The minimum Gasteiger partial charge on any atom is -0.748 e. The minimum absolute atomic E-state index is 0.112. The van der Waals surface area contributed by atoms with Gasteiger partial charge in [-0.15, -0.1) is 0 Å². The van der Waals surface area contributed by atoms with Gasteiger partial charge < -0.3 is 35.1 Å². The van der Waals surface area contributed by atoms with Gasteiger partial charge in [0, 0.05) is 0 Å². The summed E-state index contributed by atoms with van der Waals surface area (Å²) < 4.78 is 42.8. The van der Waals surface area contributed by atoms with Gasteiger partial charge >= 0.3 is 0 Å². The first-order chi connectivity index (χ1) is 14.4. The SMILES string of the molecule is COc1cc(C(C)O)c([N+](=O)[O-])cc1OCC[NH+](C)CCNC(=O)C([NH3+])CS(=O)(=O)[O-]. The highest BCUT2D eigenvalue weighted by Crippen LogP contribution is 2.37. The van der Waals surface area contributed by atoms with Crippen LogP contribution in [0.25, 0.3) is 0 Å². The number of likely N-dealkylation sites (N-methyl/N-ethyl adjacent to an activating group) is 1. The zero-order valence-corrected chi connectivity index (χ0v) is 18.4. The predicted octanol–water partition coefficient (Wildman–Crippen LogP) is -3.18. The van der Waals surface area contributed by atoms with E-state index in [0.29, 0.717) is 13.1 Å². The Hall–Kier alpha value is -2.52. The number of rotatable bonds is 13. The van der Waals surface area contributed by atoms with Gasteiger partial charge in [-0.1, -0.05) is 0 Å². The maximum atomic E-state index is 11.7. The number of nitrogens with zero attached hydrogens (tertiary/aromatic N) is 1. The van der Waals surface area contributed by atoms with E-state index in [1.165, 1.54) is 26.2 Å². The van der Waals surface area contributed by atoms with E-state index in [-0.39, 0.29) is 35.9 Å². The summed E-state index contributed by atoms with van der Waals surface area (Å²) in [6, 6.07) is 1.38. The molecule has 0 aliphatic rings. The van der Waals surface area contributed by atoms with Crippen molar-refractivity contribution < 1.29 is 47.9 Å². The van der Waals surface area contributed by atoms with E-state index >= 15 is 0 Å². The highest BCUT2D eigenvalue weighted by Gasteiger charge is 2.23. The van der Waals surface area contributed by atoms with E-state index in [0.717, 1.165) is 4.90 Å². The molecule has 0 aliphatic carbocycles. The maximum Gasteiger partial charge on any atom is 0.279 e. The number of nitro benzene ring substituents is 1. The van der Waals surface area contributed by atoms with Gasteiger partial charge in [0.25, 0.3) is 11.6 Å². The molecule has 14 heteroatoms. The lowest BCUT2D eigenvalue weighted by molar-refractivity contribution is -0.878. The first-order valence-corrected chi connectivity index (χ1v) is 11.0. The minimum atomic E-state index is -4.53. The van der Waals surface area contributed by atoms with E-state index < -0.39 is 38.8 Å². The molecule has 176 valence electrons. The molecule has 13 nitrogen and oxygen atoms in total. The van der Waals surface area contributed by atoms with Crippen molar-refractivity contribution in [3.63, 3.8) is 0 Å². The van der Waals surface area contributed by atoms with Crippen molar-refractivity contribution in [3.8, 4) is 11.5 Å². The fraction of sp³-hybridized carbons (Fsp3) is 0.588. The number of quaternary nitrogens is 2. The average molecular weight is 466 g/mol. The molecule has 31 heavy (non-hydrogen) atoms. The molecule has 0 spiro atoms. The van der Waals surface area contributed by atoms with Crippen LogP contribution in [0.15, 0.2) is 12.1 Å². The number of nitrogens with one attached hydrogen (secondary N) is 2. The number of benzene rings is 1. The number of methoxy groups -OCH3 is 1. The molecule has 0 bridgehead atoms. The van der Waals surface area contributed by atoms with E-state index in [2.05, 4.69) is 11.1 Å². The maximum absolute atomic E-state index is 11.7. The molecular formula is C17H29N4O9S+. The van der Waals surface area contributed by atoms with Crippen molar-refractivity contribution >= 4 is 21.7 Å². The smallest absolute Gasteiger partial charge is 0.279 e. The largest absolute Gasteiger partial charge is 0.748 e. The lowest BCUT2D eigenvalue weighted by atomic mass is 10.1. The van der Waals surface area contributed by atoms with E-state index in [1.807, 2.05) is 7.05 Å². The van der Waals surface area contributed by atoms with Crippen LogP contribution in [0.5, 0.6) is 11.5 Å². The quantitative estimate of drug-likeness (QED) is 0.132. The Kier molecular flexibility index (Phi) is 10.1. The number of aliphatic hydroxyl groups excluding tert-OH is 1. The molecule has 0 saturated heterocycles. The summed E-state index contributed by atoms with van der Waals surface area (Å²) >= 11 is 0.